The van der Waals surface area contributed by atoms with Crippen molar-refractivity contribution < 1.29 is 49.0 Å². The molecule has 0 saturated carbocycles. The van der Waals surface area contributed by atoms with E-state index in [0.717, 1.165) is 12.8 Å². The Balaban J connectivity index is 0.000000159. The second-order valence-electron chi connectivity index (χ2n) is 8.07. The van der Waals surface area contributed by atoms with Crippen LogP contribution in [0.1, 0.15) is 53.0 Å². The maximum atomic E-state index is 10.8. The van der Waals surface area contributed by atoms with Gasteiger partial charge in [-0.3, -0.25) is 0 Å². The number of carboxylic acid groups (broad SMARTS) is 2. The highest BCUT2D eigenvalue weighted by atomic mass is 16.6. The number of carboxylic acids is 2. The standard InChI is InChI=1S/2C10H10O4.C7H8O2/c2*1-2-3-13-7-5-9-8(14-9)4-6(7)10(11)12;1-5-4-6(8)2-3-7(5)9/h2*4-5H,2-3H2,1H3,(H,11,12);2-4,8-9H,1H3. The van der Waals surface area contributed by atoms with Gasteiger partial charge in [-0.05, 0) is 43.5 Å². The van der Waals surface area contributed by atoms with Crippen LogP contribution >= 0.6 is 0 Å². The van der Waals surface area contributed by atoms with Crippen molar-refractivity contribution in [1.82, 2.24) is 0 Å². The van der Waals surface area contributed by atoms with Crippen LogP contribution in [0.3, 0.4) is 0 Å². The summed E-state index contributed by atoms with van der Waals surface area (Å²) in [7, 11) is 0. The molecule has 3 aromatic carbocycles. The monoisotopic (exact) mass is 512 g/mol. The molecular weight excluding hydrogens is 484 g/mol. The molecule has 0 bridgehead atoms. The van der Waals surface area contributed by atoms with E-state index in [9.17, 15) is 9.59 Å². The summed E-state index contributed by atoms with van der Waals surface area (Å²) in [5.41, 5.74) is 1.01. The third kappa shape index (κ3) is 7.44. The highest BCUT2D eigenvalue weighted by Crippen LogP contribution is 2.49. The Morgan fingerprint density at radius 1 is 0.730 bits per heavy atom. The molecule has 0 radical (unpaired) electrons. The van der Waals surface area contributed by atoms with E-state index >= 15 is 0 Å². The van der Waals surface area contributed by atoms with Gasteiger partial charge in [0.1, 0.15) is 34.1 Å². The molecule has 0 amide bonds. The van der Waals surface area contributed by atoms with Crippen LogP contribution in [0.25, 0.3) is 0 Å². The molecule has 0 unspecified atom stereocenters. The molecule has 10 heteroatoms. The summed E-state index contributed by atoms with van der Waals surface area (Å²) in [6, 6.07) is 10.6. The molecule has 5 rings (SSSR count). The van der Waals surface area contributed by atoms with E-state index in [1.54, 1.807) is 19.1 Å². The topological polar surface area (TPSA) is 159 Å². The molecule has 3 aromatic rings. The fourth-order valence-electron chi connectivity index (χ4n) is 3.02. The van der Waals surface area contributed by atoms with E-state index in [0.29, 0.717) is 53.3 Å². The summed E-state index contributed by atoms with van der Waals surface area (Å²) < 4.78 is 20.6. The van der Waals surface area contributed by atoms with E-state index in [1.807, 2.05) is 13.8 Å². The summed E-state index contributed by atoms with van der Waals surface area (Å²) in [4.78, 5) is 21.6. The highest BCUT2D eigenvalue weighted by Gasteiger charge is 2.27. The summed E-state index contributed by atoms with van der Waals surface area (Å²) in [6.45, 7) is 6.69. The second kappa shape index (κ2) is 11.9. The van der Waals surface area contributed by atoms with Gasteiger partial charge in [0.05, 0.1) is 13.2 Å². The summed E-state index contributed by atoms with van der Waals surface area (Å²) in [5, 5.41) is 35.5. The number of benzene rings is 3. The lowest BCUT2D eigenvalue weighted by molar-refractivity contribution is 0.0681. The molecule has 2 heterocycles. The zero-order valence-corrected chi connectivity index (χ0v) is 20.6. The summed E-state index contributed by atoms with van der Waals surface area (Å²) >= 11 is 0. The lowest BCUT2D eigenvalue weighted by Gasteiger charge is -2.05. The first kappa shape index (κ1) is 27.0. The van der Waals surface area contributed by atoms with Gasteiger partial charge in [-0.1, -0.05) is 13.8 Å². The Bertz CT molecular complexity index is 1220. The zero-order chi connectivity index (χ0) is 27.1. The van der Waals surface area contributed by atoms with Crippen LogP contribution in [0.4, 0.5) is 0 Å². The number of hydrogen-bond acceptors (Lipinski definition) is 8. The molecule has 2 aliphatic heterocycles. The SMILES string of the molecule is CCCOc1cc2c(cc1C(=O)O)O2.CCCOc1cc2c(cc1C(=O)O)O2.Cc1cc(O)ccc1O. The van der Waals surface area contributed by atoms with Crippen LogP contribution in [0.15, 0.2) is 42.5 Å². The van der Waals surface area contributed by atoms with Crippen LogP contribution in [0, 0.1) is 6.92 Å². The molecule has 0 atom stereocenters. The quantitative estimate of drug-likeness (QED) is 0.144. The number of rotatable bonds is 8. The Kier molecular flexibility index (Phi) is 8.68. The predicted octanol–water partition coefficient (Wildman–Crippen LogP) is 5.96. The predicted molar refractivity (Wildman–Crippen MR) is 133 cm³/mol. The van der Waals surface area contributed by atoms with Gasteiger partial charge in [-0.25, -0.2) is 9.59 Å². The Hall–Kier alpha value is -4.60. The maximum Gasteiger partial charge on any atom is 0.339 e. The van der Waals surface area contributed by atoms with E-state index < -0.39 is 11.9 Å². The van der Waals surface area contributed by atoms with E-state index in [-0.39, 0.29) is 22.6 Å². The molecule has 0 aliphatic carbocycles. The number of ether oxygens (including phenoxy) is 4. The maximum absolute atomic E-state index is 10.8. The third-order valence-corrected chi connectivity index (χ3v) is 5.01. The van der Waals surface area contributed by atoms with Gasteiger partial charge >= 0.3 is 11.9 Å². The van der Waals surface area contributed by atoms with Crippen LogP contribution < -0.4 is 18.9 Å². The number of aromatic carboxylic acids is 2. The zero-order valence-electron chi connectivity index (χ0n) is 20.6. The first-order valence-corrected chi connectivity index (χ1v) is 11.6. The Morgan fingerprint density at radius 2 is 1.16 bits per heavy atom. The average Bonchev–Trinajstić information content (AvgIpc) is 3.78. The number of aryl methyl sites for hydroxylation is 1. The first-order valence-electron chi connectivity index (χ1n) is 11.6. The number of aromatic hydroxyl groups is 2. The number of carbonyl (C=O) groups is 2. The second-order valence-corrected chi connectivity index (χ2v) is 8.07. The van der Waals surface area contributed by atoms with Crippen molar-refractivity contribution >= 4 is 11.9 Å². The average molecular weight is 513 g/mol. The molecule has 4 N–H and O–H groups in total. The van der Waals surface area contributed by atoms with Crippen molar-refractivity contribution in [2.24, 2.45) is 0 Å². The van der Waals surface area contributed by atoms with Gasteiger partial charge < -0.3 is 39.4 Å². The van der Waals surface area contributed by atoms with Gasteiger partial charge in [-0.2, -0.15) is 0 Å². The summed E-state index contributed by atoms with van der Waals surface area (Å²) in [5.74, 6) is 1.87. The fraction of sp³-hybridized carbons (Fsp3) is 0.259. The minimum Gasteiger partial charge on any atom is -0.508 e. The normalized spacial score (nSPS) is 11.0. The van der Waals surface area contributed by atoms with Gasteiger partial charge in [0.2, 0.25) is 0 Å². The van der Waals surface area contributed by atoms with Crippen LogP contribution in [-0.4, -0.2) is 45.6 Å². The molecule has 37 heavy (non-hydrogen) atoms. The van der Waals surface area contributed by atoms with Crippen molar-refractivity contribution in [3.8, 4) is 46.0 Å². The molecule has 196 valence electrons. The highest BCUT2D eigenvalue weighted by molar-refractivity contribution is 5.93. The van der Waals surface area contributed by atoms with Crippen molar-refractivity contribution in [3.05, 3.63) is 59.2 Å². The van der Waals surface area contributed by atoms with Crippen LogP contribution in [0.2, 0.25) is 0 Å². The molecule has 0 saturated heterocycles. The van der Waals surface area contributed by atoms with E-state index in [2.05, 4.69) is 0 Å². The number of phenolic OH excluding ortho intramolecular Hbond substituents is 2. The largest absolute Gasteiger partial charge is 0.508 e. The van der Waals surface area contributed by atoms with Crippen LogP contribution in [0.5, 0.6) is 46.0 Å². The van der Waals surface area contributed by atoms with Crippen LogP contribution in [-0.2, 0) is 0 Å². The van der Waals surface area contributed by atoms with Crippen molar-refractivity contribution in [2.45, 2.75) is 33.6 Å². The smallest absolute Gasteiger partial charge is 0.339 e. The van der Waals surface area contributed by atoms with Gasteiger partial charge in [0.15, 0.2) is 23.0 Å². The van der Waals surface area contributed by atoms with Crippen molar-refractivity contribution in [1.29, 1.82) is 0 Å². The van der Waals surface area contributed by atoms with Gasteiger partial charge in [0.25, 0.3) is 0 Å². The van der Waals surface area contributed by atoms with E-state index in [4.69, 9.17) is 39.4 Å². The van der Waals surface area contributed by atoms with Gasteiger partial charge in [0, 0.05) is 24.3 Å². The minimum absolute atomic E-state index is 0.162. The Morgan fingerprint density at radius 3 is 1.51 bits per heavy atom. The van der Waals surface area contributed by atoms with Crippen molar-refractivity contribution in [2.75, 3.05) is 13.2 Å². The molecular formula is C27H28O10. The fourth-order valence-corrected chi connectivity index (χ4v) is 3.02. The number of fused-ring (bicyclic) bond motifs is 2. The number of hydrogen-bond donors (Lipinski definition) is 4. The van der Waals surface area contributed by atoms with Gasteiger partial charge in [-0.15, -0.1) is 0 Å². The minimum atomic E-state index is -0.991. The third-order valence-electron chi connectivity index (χ3n) is 5.01. The molecule has 0 fully saturated rings. The molecule has 0 spiro atoms. The Labute approximate surface area is 213 Å². The van der Waals surface area contributed by atoms with Crippen molar-refractivity contribution in [3.63, 3.8) is 0 Å². The first-order chi connectivity index (χ1) is 17.6. The lowest BCUT2D eigenvalue weighted by atomic mass is 10.2. The molecule has 2 aliphatic rings. The number of phenols is 2. The molecule has 10 nitrogen and oxygen atoms in total. The van der Waals surface area contributed by atoms with E-state index in [1.165, 1.54) is 30.3 Å². The lowest BCUT2D eigenvalue weighted by Crippen LogP contribution is -2.02. The molecule has 0 aromatic heterocycles. The summed E-state index contributed by atoms with van der Waals surface area (Å²) in [6.07, 6.45) is 1.69.